The summed E-state index contributed by atoms with van der Waals surface area (Å²) in [7, 11) is 0. The maximum Gasteiger partial charge on any atom is 0.573 e. The lowest BCUT2D eigenvalue weighted by Gasteiger charge is -2.09. The van der Waals surface area contributed by atoms with E-state index in [2.05, 4.69) is 10.1 Å². The molecule has 0 radical (unpaired) electrons. The minimum absolute atomic E-state index is 0.00465. The average Bonchev–Trinajstić information content (AvgIpc) is 2.34. The van der Waals surface area contributed by atoms with Crippen LogP contribution in [0.25, 0.3) is 0 Å². The van der Waals surface area contributed by atoms with Gasteiger partial charge in [0.05, 0.1) is 0 Å². The lowest BCUT2D eigenvalue weighted by Crippen LogP contribution is -2.32. The maximum atomic E-state index is 11.9. The number of amides is 1. The molecular formula is C11H6F3N3O2. The van der Waals surface area contributed by atoms with Crippen molar-refractivity contribution in [1.82, 2.24) is 5.32 Å². The third kappa shape index (κ3) is 4.56. The lowest BCUT2D eigenvalue weighted by molar-refractivity contribution is -0.274. The van der Waals surface area contributed by atoms with E-state index >= 15 is 0 Å². The minimum atomic E-state index is -4.81. The highest BCUT2D eigenvalue weighted by Gasteiger charge is 2.31. The quantitative estimate of drug-likeness (QED) is 0.905. The second-order valence-electron chi connectivity index (χ2n) is 3.24. The van der Waals surface area contributed by atoms with Crippen molar-refractivity contribution in [2.45, 2.75) is 12.4 Å². The minimum Gasteiger partial charge on any atom is -0.406 e. The number of carbonyl (C=O) groups is 1. The Labute approximate surface area is 105 Å². The Bertz CT molecular complexity index is 526. The Morgan fingerprint density at radius 2 is 1.74 bits per heavy atom. The highest BCUT2D eigenvalue weighted by molar-refractivity contribution is 5.94. The molecule has 1 aromatic rings. The van der Waals surface area contributed by atoms with E-state index in [-0.39, 0.29) is 5.56 Å². The van der Waals surface area contributed by atoms with Crippen LogP contribution in [0.15, 0.2) is 24.3 Å². The summed E-state index contributed by atoms with van der Waals surface area (Å²) in [6.45, 7) is 0. The first kappa shape index (κ1) is 14.3. The molecule has 0 saturated carbocycles. The topological polar surface area (TPSA) is 85.9 Å². The van der Waals surface area contributed by atoms with E-state index in [9.17, 15) is 18.0 Å². The van der Waals surface area contributed by atoms with E-state index in [1.165, 1.54) is 12.1 Å². The van der Waals surface area contributed by atoms with Crippen LogP contribution in [0.5, 0.6) is 5.75 Å². The van der Waals surface area contributed by atoms with Crippen LogP contribution in [0, 0.1) is 22.7 Å². The van der Waals surface area contributed by atoms with E-state index < -0.39 is 24.1 Å². The number of hydrogen-bond donors (Lipinski definition) is 1. The van der Waals surface area contributed by atoms with Gasteiger partial charge in [-0.2, -0.15) is 10.5 Å². The number of nitriles is 2. The SMILES string of the molecule is N#CC(C#N)NC(=O)c1ccc(OC(F)(F)F)cc1. The fraction of sp³-hybridized carbons (Fsp3) is 0.182. The van der Waals surface area contributed by atoms with E-state index in [0.717, 1.165) is 24.3 Å². The van der Waals surface area contributed by atoms with Crippen LogP contribution in [-0.2, 0) is 0 Å². The highest BCUT2D eigenvalue weighted by atomic mass is 19.4. The molecule has 98 valence electrons. The number of hydrogen-bond acceptors (Lipinski definition) is 4. The van der Waals surface area contributed by atoms with Crippen molar-refractivity contribution in [2.24, 2.45) is 0 Å². The Hall–Kier alpha value is -2.74. The summed E-state index contributed by atoms with van der Waals surface area (Å²) in [5, 5.41) is 19.0. The Morgan fingerprint density at radius 3 is 2.16 bits per heavy atom. The zero-order valence-corrected chi connectivity index (χ0v) is 9.23. The molecule has 0 aliphatic carbocycles. The first-order valence-electron chi connectivity index (χ1n) is 4.81. The van der Waals surface area contributed by atoms with Gasteiger partial charge in [-0.3, -0.25) is 4.79 Å². The molecule has 5 nitrogen and oxygen atoms in total. The number of nitrogens with one attached hydrogen (secondary N) is 1. The number of ether oxygens (including phenoxy) is 1. The summed E-state index contributed by atoms with van der Waals surface area (Å²) >= 11 is 0. The summed E-state index contributed by atoms with van der Waals surface area (Å²) in [6, 6.07) is 5.82. The van der Waals surface area contributed by atoms with Gasteiger partial charge in [-0.05, 0) is 24.3 Å². The molecule has 19 heavy (non-hydrogen) atoms. The highest BCUT2D eigenvalue weighted by Crippen LogP contribution is 2.22. The van der Waals surface area contributed by atoms with Gasteiger partial charge in [0.25, 0.3) is 5.91 Å². The van der Waals surface area contributed by atoms with Crippen molar-refractivity contribution < 1.29 is 22.7 Å². The molecule has 1 aromatic carbocycles. The molecule has 0 atom stereocenters. The molecule has 0 spiro atoms. The summed E-state index contributed by atoms with van der Waals surface area (Å²) < 4.78 is 39.3. The van der Waals surface area contributed by atoms with Crippen LogP contribution in [-0.4, -0.2) is 18.3 Å². The summed E-state index contributed by atoms with van der Waals surface area (Å²) in [5.41, 5.74) is 0.00465. The molecule has 0 fully saturated rings. The van der Waals surface area contributed by atoms with Gasteiger partial charge in [0, 0.05) is 5.56 Å². The molecular weight excluding hydrogens is 263 g/mol. The number of halogens is 3. The molecule has 0 aliphatic heterocycles. The number of carbonyl (C=O) groups excluding carboxylic acids is 1. The Morgan fingerprint density at radius 1 is 1.21 bits per heavy atom. The standard InChI is InChI=1S/C11H6F3N3O2/c12-11(13,14)19-9-3-1-7(2-4-9)10(18)17-8(5-15)6-16/h1-4,8H,(H,17,18). The van der Waals surface area contributed by atoms with Gasteiger partial charge in [-0.25, -0.2) is 0 Å². The Kier molecular flexibility index (Phi) is 4.32. The number of rotatable bonds is 3. The van der Waals surface area contributed by atoms with Crippen molar-refractivity contribution in [2.75, 3.05) is 0 Å². The average molecular weight is 269 g/mol. The second-order valence-corrected chi connectivity index (χ2v) is 3.24. The van der Waals surface area contributed by atoms with Crippen molar-refractivity contribution in [3.05, 3.63) is 29.8 Å². The summed E-state index contributed by atoms with van der Waals surface area (Å²) in [5.74, 6) is -1.21. The molecule has 1 N–H and O–H groups in total. The molecule has 0 heterocycles. The van der Waals surface area contributed by atoms with Gasteiger partial charge < -0.3 is 10.1 Å². The van der Waals surface area contributed by atoms with E-state index in [1.807, 2.05) is 0 Å². The zero-order chi connectivity index (χ0) is 14.5. The molecule has 1 rings (SSSR count). The predicted octanol–water partition coefficient (Wildman–Crippen LogP) is 1.73. The molecule has 0 aliphatic rings. The molecule has 0 unspecified atom stereocenters. The van der Waals surface area contributed by atoms with Crippen molar-refractivity contribution in [3.63, 3.8) is 0 Å². The van der Waals surface area contributed by atoms with Crippen LogP contribution in [0.3, 0.4) is 0 Å². The lowest BCUT2D eigenvalue weighted by atomic mass is 10.2. The molecule has 1 amide bonds. The normalized spacial score (nSPS) is 10.4. The van der Waals surface area contributed by atoms with Gasteiger partial charge in [0.15, 0.2) is 0 Å². The largest absolute Gasteiger partial charge is 0.573 e. The molecule has 8 heteroatoms. The fourth-order valence-electron chi connectivity index (χ4n) is 1.12. The number of alkyl halides is 3. The third-order valence-corrected chi connectivity index (χ3v) is 1.88. The predicted molar refractivity (Wildman–Crippen MR) is 55.6 cm³/mol. The summed E-state index contributed by atoms with van der Waals surface area (Å²) in [4.78, 5) is 11.5. The fourth-order valence-corrected chi connectivity index (χ4v) is 1.12. The van der Waals surface area contributed by atoms with Crippen molar-refractivity contribution in [1.29, 1.82) is 10.5 Å². The van der Waals surface area contributed by atoms with Crippen LogP contribution < -0.4 is 10.1 Å². The van der Waals surface area contributed by atoms with Crippen LogP contribution >= 0.6 is 0 Å². The van der Waals surface area contributed by atoms with Gasteiger partial charge in [0.1, 0.15) is 17.9 Å². The van der Waals surface area contributed by atoms with E-state index in [0.29, 0.717) is 0 Å². The molecule has 0 saturated heterocycles. The van der Waals surface area contributed by atoms with Crippen molar-refractivity contribution >= 4 is 5.91 Å². The van der Waals surface area contributed by atoms with Gasteiger partial charge in [-0.15, -0.1) is 13.2 Å². The molecule has 0 aromatic heterocycles. The number of nitrogens with zero attached hydrogens (tertiary/aromatic N) is 2. The van der Waals surface area contributed by atoms with Crippen LogP contribution in [0.1, 0.15) is 10.4 Å². The first-order chi connectivity index (χ1) is 8.85. The van der Waals surface area contributed by atoms with Crippen LogP contribution in [0.4, 0.5) is 13.2 Å². The smallest absolute Gasteiger partial charge is 0.406 e. The van der Waals surface area contributed by atoms with E-state index in [1.54, 1.807) is 0 Å². The second kappa shape index (κ2) is 5.74. The third-order valence-electron chi connectivity index (χ3n) is 1.88. The first-order valence-corrected chi connectivity index (χ1v) is 4.81. The summed E-state index contributed by atoms with van der Waals surface area (Å²) in [6.07, 6.45) is -4.81. The van der Waals surface area contributed by atoms with Gasteiger partial charge >= 0.3 is 6.36 Å². The Balaban J connectivity index is 2.75. The van der Waals surface area contributed by atoms with E-state index in [4.69, 9.17) is 10.5 Å². The van der Waals surface area contributed by atoms with Crippen molar-refractivity contribution in [3.8, 4) is 17.9 Å². The zero-order valence-electron chi connectivity index (χ0n) is 9.23. The van der Waals surface area contributed by atoms with Gasteiger partial charge in [0.2, 0.25) is 6.04 Å². The number of benzene rings is 1. The molecule has 0 bridgehead atoms. The van der Waals surface area contributed by atoms with Crippen LogP contribution in [0.2, 0.25) is 0 Å². The monoisotopic (exact) mass is 269 g/mol. The maximum absolute atomic E-state index is 11.9. The van der Waals surface area contributed by atoms with Gasteiger partial charge in [-0.1, -0.05) is 0 Å².